The zero-order valence-electron chi connectivity index (χ0n) is 9.15. The summed E-state index contributed by atoms with van der Waals surface area (Å²) >= 11 is 1.16. The fourth-order valence-corrected chi connectivity index (χ4v) is 2.52. The smallest absolute Gasteiger partial charge is 0.348 e. The molecule has 2 heterocycles. The number of ether oxygens (including phenoxy) is 1. The molecule has 0 unspecified atom stereocenters. The number of aryl methyl sites for hydroxylation is 1. The van der Waals surface area contributed by atoms with Gasteiger partial charge in [-0.05, 0) is 12.5 Å². The first-order chi connectivity index (χ1) is 8.15. The molecule has 0 atom stereocenters. The van der Waals surface area contributed by atoms with Gasteiger partial charge >= 0.3 is 5.97 Å². The van der Waals surface area contributed by atoms with Crippen LogP contribution >= 0.6 is 11.3 Å². The summed E-state index contributed by atoms with van der Waals surface area (Å²) < 4.78 is 4.94. The summed E-state index contributed by atoms with van der Waals surface area (Å²) in [7, 11) is 0. The Kier molecular flexibility index (Phi) is 3.06. The number of nitrogens with one attached hydrogen (secondary N) is 1. The average Bonchev–Trinajstić information content (AvgIpc) is 2.65. The molecular weight excluding hydrogens is 240 g/mol. The molecule has 0 saturated carbocycles. The molecule has 5 nitrogen and oxygen atoms in total. The number of fused-ring (bicyclic) bond motifs is 1. The molecule has 0 spiro atoms. The van der Waals surface area contributed by atoms with Crippen LogP contribution < -0.4 is 5.56 Å². The van der Waals surface area contributed by atoms with Crippen molar-refractivity contribution in [1.29, 1.82) is 0 Å². The van der Waals surface area contributed by atoms with Crippen molar-refractivity contribution >= 4 is 27.5 Å². The summed E-state index contributed by atoms with van der Waals surface area (Å²) in [6, 6.07) is 0. The number of esters is 1. The second-order valence-corrected chi connectivity index (χ2v) is 4.35. The minimum atomic E-state index is -0.454. The molecule has 0 fully saturated rings. The van der Waals surface area contributed by atoms with Gasteiger partial charge in [0.05, 0.1) is 11.7 Å². The quantitative estimate of drug-likeness (QED) is 0.664. The number of carbonyl (C=O) groups is 1. The fraction of sp³-hybridized carbons (Fsp3) is 0.182. The van der Waals surface area contributed by atoms with Crippen molar-refractivity contribution < 1.29 is 9.53 Å². The molecule has 2 aromatic heterocycles. The first-order valence-corrected chi connectivity index (χ1v) is 5.71. The van der Waals surface area contributed by atoms with Gasteiger partial charge in [-0.2, -0.15) is 0 Å². The van der Waals surface area contributed by atoms with Crippen LogP contribution in [0.3, 0.4) is 0 Å². The Labute approximate surface area is 101 Å². The number of hydrogen-bond acceptors (Lipinski definition) is 5. The van der Waals surface area contributed by atoms with Crippen molar-refractivity contribution in [3.63, 3.8) is 0 Å². The molecule has 0 aromatic carbocycles. The van der Waals surface area contributed by atoms with E-state index in [-0.39, 0.29) is 12.2 Å². The van der Waals surface area contributed by atoms with E-state index >= 15 is 0 Å². The number of hydrogen-bond donors (Lipinski definition) is 1. The van der Waals surface area contributed by atoms with Crippen LogP contribution in [-0.2, 0) is 4.74 Å². The summed E-state index contributed by atoms with van der Waals surface area (Å²) in [6.45, 7) is 5.32. The molecule has 1 N–H and O–H groups in total. The first-order valence-electron chi connectivity index (χ1n) is 4.90. The second-order valence-electron chi connectivity index (χ2n) is 3.36. The third kappa shape index (κ3) is 1.99. The van der Waals surface area contributed by atoms with E-state index in [4.69, 9.17) is 4.74 Å². The molecule has 88 valence electrons. The van der Waals surface area contributed by atoms with Crippen LogP contribution in [0.2, 0.25) is 0 Å². The van der Waals surface area contributed by atoms with E-state index in [2.05, 4.69) is 16.5 Å². The lowest BCUT2D eigenvalue weighted by atomic mass is 10.2. The minimum Gasteiger partial charge on any atom is -0.457 e. The van der Waals surface area contributed by atoms with Crippen LogP contribution in [0.5, 0.6) is 0 Å². The fourth-order valence-electron chi connectivity index (χ4n) is 1.47. The summed E-state index contributed by atoms with van der Waals surface area (Å²) in [6.07, 6.45) is 2.81. The van der Waals surface area contributed by atoms with Gasteiger partial charge in [-0.1, -0.05) is 12.7 Å². The second kappa shape index (κ2) is 4.50. The molecule has 0 aliphatic rings. The number of H-pyrrole nitrogens is 1. The Morgan fingerprint density at radius 1 is 1.71 bits per heavy atom. The van der Waals surface area contributed by atoms with Gasteiger partial charge < -0.3 is 9.72 Å². The molecule has 0 amide bonds. The standard InChI is InChI=1S/C11H10N2O3S/c1-3-4-16-11(15)8-6(2)7-9(14)12-5-13-10(7)17-8/h3,5H,1,4H2,2H3,(H,12,13,14). The Bertz CT molecular complexity index is 642. The van der Waals surface area contributed by atoms with E-state index in [0.717, 1.165) is 11.3 Å². The van der Waals surface area contributed by atoms with Crippen LogP contribution in [0.25, 0.3) is 10.2 Å². The first kappa shape index (κ1) is 11.5. The maximum atomic E-state index is 11.7. The Balaban J connectivity index is 2.53. The maximum absolute atomic E-state index is 11.7. The lowest BCUT2D eigenvalue weighted by Gasteiger charge is -1.99. The van der Waals surface area contributed by atoms with Crippen LogP contribution in [-0.4, -0.2) is 22.5 Å². The molecule has 0 aliphatic carbocycles. The zero-order chi connectivity index (χ0) is 12.4. The van der Waals surface area contributed by atoms with Crippen molar-refractivity contribution in [1.82, 2.24) is 9.97 Å². The maximum Gasteiger partial charge on any atom is 0.348 e. The Hall–Kier alpha value is -1.95. The number of nitrogens with zero attached hydrogens (tertiary/aromatic N) is 1. The number of thiophene rings is 1. The number of aromatic nitrogens is 2. The van der Waals surface area contributed by atoms with Gasteiger partial charge in [0.15, 0.2) is 0 Å². The van der Waals surface area contributed by atoms with E-state index < -0.39 is 5.97 Å². The van der Waals surface area contributed by atoms with E-state index in [1.165, 1.54) is 12.4 Å². The van der Waals surface area contributed by atoms with Gasteiger partial charge in [0.25, 0.3) is 5.56 Å². The van der Waals surface area contributed by atoms with Gasteiger partial charge in [-0.25, -0.2) is 9.78 Å². The monoisotopic (exact) mass is 250 g/mol. The highest BCUT2D eigenvalue weighted by atomic mass is 32.1. The highest BCUT2D eigenvalue weighted by Crippen LogP contribution is 2.26. The van der Waals surface area contributed by atoms with Gasteiger partial charge in [0.1, 0.15) is 16.3 Å². The van der Waals surface area contributed by atoms with Crippen LogP contribution in [0, 0.1) is 6.92 Å². The molecule has 6 heteroatoms. The molecule has 0 saturated heterocycles. The topological polar surface area (TPSA) is 72.0 Å². The summed E-state index contributed by atoms with van der Waals surface area (Å²) in [5, 5.41) is 0.447. The van der Waals surface area contributed by atoms with E-state index in [0.29, 0.717) is 20.7 Å². The van der Waals surface area contributed by atoms with E-state index in [9.17, 15) is 9.59 Å². The van der Waals surface area contributed by atoms with Gasteiger partial charge in [0, 0.05) is 0 Å². The lowest BCUT2D eigenvalue weighted by Crippen LogP contribution is -2.07. The largest absolute Gasteiger partial charge is 0.457 e. The number of aromatic amines is 1. The molecule has 0 aliphatic heterocycles. The Morgan fingerprint density at radius 3 is 3.12 bits per heavy atom. The summed E-state index contributed by atoms with van der Waals surface area (Å²) in [4.78, 5) is 30.7. The number of carbonyl (C=O) groups excluding carboxylic acids is 1. The van der Waals surface area contributed by atoms with Crippen molar-refractivity contribution in [2.24, 2.45) is 0 Å². The molecule has 0 bridgehead atoms. The normalized spacial score (nSPS) is 10.4. The van der Waals surface area contributed by atoms with Crippen molar-refractivity contribution in [2.75, 3.05) is 6.61 Å². The summed E-state index contributed by atoms with van der Waals surface area (Å²) in [5.74, 6) is -0.454. The van der Waals surface area contributed by atoms with Crippen LogP contribution in [0.4, 0.5) is 0 Å². The zero-order valence-corrected chi connectivity index (χ0v) is 9.97. The SMILES string of the molecule is C=CCOC(=O)c1sc2nc[nH]c(=O)c2c1C. The van der Waals surface area contributed by atoms with Crippen molar-refractivity contribution in [3.8, 4) is 0 Å². The number of rotatable bonds is 3. The minimum absolute atomic E-state index is 0.149. The van der Waals surface area contributed by atoms with Gasteiger partial charge in [0.2, 0.25) is 0 Å². The molecule has 0 radical (unpaired) electrons. The Morgan fingerprint density at radius 2 is 2.47 bits per heavy atom. The van der Waals surface area contributed by atoms with Crippen molar-refractivity contribution in [2.45, 2.75) is 6.92 Å². The molecule has 17 heavy (non-hydrogen) atoms. The third-order valence-electron chi connectivity index (χ3n) is 2.25. The van der Waals surface area contributed by atoms with Gasteiger partial charge in [-0.15, -0.1) is 11.3 Å². The molecule has 2 rings (SSSR count). The predicted octanol–water partition coefficient (Wildman–Crippen LogP) is 1.64. The van der Waals surface area contributed by atoms with Crippen molar-refractivity contribution in [3.05, 3.63) is 39.8 Å². The van der Waals surface area contributed by atoms with E-state index in [1.54, 1.807) is 6.92 Å². The summed E-state index contributed by atoms with van der Waals surface area (Å²) in [5.41, 5.74) is 0.361. The molecule has 2 aromatic rings. The average molecular weight is 250 g/mol. The predicted molar refractivity (Wildman–Crippen MR) is 65.5 cm³/mol. The molecular formula is C11H10N2O3S. The van der Waals surface area contributed by atoms with Crippen LogP contribution in [0.15, 0.2) is 23.8 Å². The highest BCUT2D eigenvalue weighted by molar-refractivity contribution is 7.20. The van der Waals surface area contributed by atoms with Crippen LogP contribution in [0.1, 0.15) is 15.2 Å². The van der Waals surface area contributed by atoms with E-state index in [1.807, 2.05) is 0 Å². The lowest BCUT2D eigenvalue weighted by molar-refractivity contribution is 0.0555. The third-order valence-corrected chi connectivity index (χ3v) is 3.43. The highest BCUT2D eigenvalue weighted by Gasteiger charge is 2.18. The van der Waals surface area contributed by atoms with Gasteiger partial charge in [-0.3, -0.25) is 4.79 Å².